The lowest BCUT2D eigenvalue weighted by atomic mass is 9.88. The van der Waals surface area contributed by atoms with E-state index < -0.39 is 36.3 Å². The first-order valence-corrected chi connectivity index (χ1v) is 7.46. The molecule has 1 heterocycles. The standard InChI is InChI=1S/C18H27NO3/c1-17(2,3)22-16(20)13-18(21)9-11-19(12-10-18)14-15-7-5-4-6-8-15/h4-8,21H,9-14H2,1-3H3/i9D2,10D2. The second kappa shape index (κ2) is 6.80. The van der Waals surface area contributed by atoms with Crippen LogP contribution in [0.2, 0.25) is 0 Å². The summed E-state index contributed by atoms with van der Waals surface area (Å²) in [5, 5.41) is 10.9. The SMILES string of the molecule is [2H]C1([2H])CN(Cc2ccccc2)CC([2H])([2H])C1(O)CC(=O)OC(C)(C)C. The number of hydrogen-bond acceptors (Lipinski definition) is 4. The van der Waals surface area contributed by atoms with E-state index in [0.717, 1.165) is 5.56 Å². The topological polar surface area (TPSA) is 49.8 Å². The van der Waals surface area contributed by atoms with Gasteiger partial charge < -0.3 is 9.84 Å². The molecule has 1 aromatic carbocycles. The number of hydrogen-bond donors (Lipinski definition) is 1. The molecule has 0 saturated carbocycles. The lowest BCUT2D eigenvalue weighted by Crippen LogP contribution is -2.45. The van der Waals surface area contributed by atoms with Gasteiger partial charge in [0.05, 0.1) is 12.0 Å². The van der Waals surface area contributed by atoms with Crippen LogP contribution in [0.5, 0.6) is 0 Å². The molecular formula is C18H27NO3. The smallest absolute Gasteiger partial charge is 0.309 e. The van der Waals surface area contributed by atoms with E-state index in [1.54, 1.807) is 25.7 Å². The predicted octanol–water partition coefficient (Wildman–Crippen LogP) is 2.75. The van der Waals surface area contributed by atoms with Gasteiger partial charge in [-0.1, -0.05) is 30.3 Å². The largest absolute Gasteiger partial charge is 0.460 e. The summed E-state index contributed by atoms with van der Waals surface area (Å²) in [4.78, 5) is 13.8. The zero-order valence-electron chi connectivity index (χ0n) is 17.4. The van der Waals surface area contributed by atoms with Crippen molar-refractivity contribution < 1.29 is 20.1 Å². The first-order valence-electron chi connectivity index (χ1n) is 9.46. The first kappa shape index (κ1) is 12.1. The summed E-state index contributed by atoms with van der Waals surface area (Å²) in [6.45, 7) is 5.01. The Morgan fingerprint density at radius 2 is 1.91 bits per heavy atom. The van der Waals surface area contributed by atoms with Crippen LogP contribution in [0, 0.1) is 0 Å². The zero-order valence-corrected chi connectivity index (χ0v) is 13.4. The van der Waals surface area contributed by atoms with Gasteiger partial charge in [0.25, 0.3) is 0 Å². The minimum atomic E-state index is -2.46. The highest BCUT2D eigenvalue weighted by molar-refractivity contribution is 5.71. The minimum Gasteiger partial charge on any atom is -0.460 e. The lowest BCUT2D eigenvalue weighted by Gasteiger charge is -2.38. The Kier molecular flexibility index (Phi) is 3.73. The first-order chi connectivity index (χ1) is 11.8. The molecule has 1 aliphatic rings. The molecule has 0 aromatic heterocycles. The van der Waals surface area contributed by atoms with Crippen LogP contribution in [-0.2, 0) is 16.1 Å². The second-order valence-corrected chi connectivity index (χ2v) is 6.61. The van der Waals surface area contributed by atoms with Gasteiger partial charge in [-0.05, 0) is 39.1 Å². The van der Waals surface area contributed by atoms with E-state index in [2.05, 4.69) is 0 Å². The Morgan fingerprint density at radius 3 is 2.45 bits per heavy atom. The average molecular weight is 309 g/mol. The summed E-state index contributed by atoms with van der Waals surface area (Å²) in [5.41, 5.74) is -2.33. The Bertz CT molecular complexity index is 626. The van der Waals surface area contributed by atoms with Crippen molar-refractivity contribution in [2.75, 3.05) is 13.1 Å². The third-order valence-corrected chi connectivity index (χ3v) is 3.26. The number of carbonyl (C=O) groups is 1. The predicted molar refractivity (Wildman–Crippen MR) is 86.4 cm³/mol. The Labute approximate surface area is 138 Å². The van der Waals surface area contributed by atoms with Gasteiger partial charge in [-0.25, -0.2) is 0 Å². The number of rotatable bonds is 4. The van der Waals surface area contributed by atoms with Crippen LogP contribution >= 0.6 is 0 Å². The number of aliphatic hydroxyl groups is 1. The second-order valence-electron chi connectivity index (χ2n) is 6.61. The van der Waals surface area contributed by atoms with E-state index in [0.29, 0.717) is 6.54 Å². The van der Waals surface area contributed by atoms with E-state index in [4.69, 9.17) is 10.2 Å². The molecule has 1 N–H and O–H groups in total. The molecule has 2 rings (SSSR count). The van der Waals surface area contributed by atoms with Crippen LogP contribution in [0.25, 0.3) is 0 Å². The maximum Gasteiger partial charge on any atom is 0.309 e. The van der Waals surface area contributed by atoms with Gasteiger partial charge in [0.2, 0.25) is 0 Å². The fourth-order valence-electron chi connectivity index (χ4n) is 2.27. The van der Waals surface area contributed by atoms with E-state index in [-0.39, 0.29) is 13.1 Å². The summed E-state index contributed by atoms with van der Waals surface area (Å²) in [7, 11) is 0. The van der Waals surface area contributed by atoms with E-state index >= 15 is 0 Å². The third kappa shape index (κ3) is 5.43. The summed E-state index contributed by atoms with van der Waals surface area (Å²) in [5.74, 6) is -0.816. The van der Waals surface area contributed by atoms with E-state index in [9.17, 15) is 9.90 Å². The van der Waals surface area contributed by atoms with E-state index in [1.165, 1.54) is 0 Å². The molecule has 1 aliphatic heterocycles. The molecule has 0 unspecified atom stereocenters. The normalized spacial score (nSPS) is 26.2. The molecule has 0 amide bonds. The number of benzene rings is 1. The number of esters is 1. The molecule has 122 valence electrons. The third-order valence-electron chi connectivity index (χ3n) is 3.26. The van der Waals surface area contributed by atoms with Crippen molar-refractivity contribution in [1.82, 2.24) is 4.90 Å². The van der Waals surface area contributed by atoms with Gasteiger partial charge in [0, 0.05) is 25.1 Å². The molecule has 4 heteroatoms. The monoisotopic (exact) mass is 309 g/mol. The van der Waals surface area contributed by atoms with Gasteiger partial charge in [-0.15, -0.1) is 0 Å². The molecule has 0 spiro atoms. The van der Waals surface area contributed by atoms with Crippen LogP contribution in [0.4, 0.5) is 0 Å². The Hall–Kier alpha value is -1.39. The van der Waals surface area contributed by atoms with Crippen LogP contribution in [0.1, 0.15) is 51.0 Å². The van der Waals surface area contributed by atoms with E-state index in [1.807, 2.05) is 30.3 Å². The molecular weight excluding hydrogens is 278 g/mol. The number of ether oxygens (including phenoxy) is 1. The van der Waals surface area contributed by atoms with Crippen LogP contribution in [-0.4, -0.2) is 40.3 Å². The lowest BCUT2D eigenvalue weighted by molar-refractivity contribution is -0.162. The quantitative estimate of drug-likeness (QED) is 0.869. The van der Waals surface area contributed by atoms with Crippen molar-refractivity contribution in [3.05, 3.63) is 35.9 Å². The van der Waals surface area contributed by atoms with Crippen LogP contribution < -0.4 is 0 Å². The van der Waals surface area contributed by atoms with Gasteiger partial charge >= 0.3 is 5.97 Å². The fraction of sp³-hybridized carbons (Fsp3) is 0.611. The number of piperidine rings is 1. The van der Waals surface area contributed by atoms with Crippen molar-refractivity contribution in [1.29, 1.82) is 0 Å². The van der Waals surface area contributed by atoms with Gasteiger partial charge in [-0.3, -0.25) is 9.69 Å². The average Bonchev–Trinajstić information content (AvgIpc) is 2.43. The van der Waals surface area contributed by atoms with Crippen molar-refractivity contribution in [2.24, 2.45) is 0 Å². The molecule has 4 nitrogen and oxygen atoms in total. The number of carbonyl (C=O) groups excluding carboxylic acids is 1. The Balaban J connectivity index is 2.20. The highest BCUT2D eigenvalue weighted by Crippen LogP contribution is 2.27. The summed E-state index contributed by atoms with van der Waals surface area (Å²) in [6, 6.07) is 9.36. The zero-order chi connectivity index (χ0) is 19.8. The minimum absolute atomic E-state index is 0.180. The molecule has 0 aliphatic carbocycles. The fourth-order valence-corrected chi connectivity index (χ4v) is 2.27. The van der Waals surface area contributed by atoms with Crippen molar-refractivity contribution in [2.45, 2.75) is 57.7 Å². The summed E-state index contributed by atoms with van der Waals surface area (Å²) < 4.78 is 38.3. The van der Waals surface area contributed by atoms with Crippen LogP contribution in [0.15, 0.2) is 30.3 Å². The van der Waals surface area contributed by atoms with Gasteiger partial charge in [0.15, 0.2) is 0 Å². The maximum atomic E-state index is 12.2. The Morgan fingerprint density at radius 1 is 1.32 bits per heavy atom. The molecule has 0 atom stereocenters. The van der Waals surface area contributed by atoms with Gasteiger partial charge in [0.1, 0.15) is 5.60 Å². The number of nitrogens with zero attached hydrogens (tertiary/aromatic N) is 1. The van der Waals surface area contributed by atoms with Crippen molar-refractivity contribution in [3.63, 3.8) is 0 Å². The molecule has 0 bridgehead atoms. The molecule has 0 radical (unpaired) electrons. The summed E-state index contributed by atoms with van der Waals surface area (Å²) >= 11 is 0. The number of likely N-dealkylation sites (tertiary alicyclic amines) is 1. The highest BCUT2D eigenvalue weighted by atomic mass is 16.6. The highest BCUT2D eigenvalue weighted by Gasteiger charge is 2.35. The molecule has 1 aromatic rings. The van der Waals surface area contributed by atoms with Crippen molar-refractivity contribution >= 4 is 5.97 Å². The summed E-state index contributed by atoms with van der Waals surface area (Å²) in [6.07, 6.45) is -5.37. The molecule has 22 heavy (non-hydrogen) atoms. The molecule has 1 saturated heterocycles. The maximum absolute atomic E-state index is 12.2. The van der Waals surface area contributed by atoms with Crippen molar-refractivity contribution in [3.8, 4) is 0 Å². The van der Waals surface area contributed by atoms with Crippen LogP contribution in [0.3, 0.4) is 0 Å². The molecule has 1 fully saturated rings. The van der Waals surface area contributed by atoms with Gasteiger partial charge in [-0.2, -0.15) is 0 Å².